The van der Waals surface area contributed by atoms with E-state index in [9.17, 15) is 0 Å². The van der Waals surface area contributed by atoms with Crippen molar-refractivity contribution in [3.05, 3.63) is 64.5 Å². The molecule has 0 amide bonds. The van der Waals surface area contributed by atoms with Crippen LogP contribution in [0, 0.1) is 6.92 Å². The first-order chi connectivity index (χ1) is 10.5. The number of hydrogen-bond donors (Lipinski definition) is 1. The van der Waals surface area contributed by atoms with Gasteiger partial charge in [-0.05, 0) is 62.2 Å². The van der Waals surface area contributed by atoms with E-state index in [1.165, 1.54) is 22.9 Å². The molecule has 0 spiro atoms. The van der Waals surface area contributed by atoms with Gasteiger partial charge in [-0.1, -0.05) is 31.7 Å². The summed E-state index contributed by atoms with van der Waals surface area (Å²) in [4.78, 5) is 8.14. The molecule has 0 heterocycles. The number of nitrogens with two attached hydrogens (primary N) is 1. The predicted molar refractivity (Wildman–Crippen MR) is 98.3 cm³/mol. The summed E-state index contributed by atoms with van der Waals surface area (Å²) in [6.45, 7) is 15.4. The molecule has 3 nitrogen and oxygen atoms in total. The number of aryl methyl sites for hydroxylation is 1. The quantitative estimate of drug-likeness (QED) is 0.471. The van der Waals surface area contributed by atoms with Crippen LogP contribution < -0.4 is 5.73 Å². The van der Waals surface area contributed by atoms with Crippen LogP contribution in [0.5, 0.6) is 0 Å². The van der Waals surface area contributed by atoms with Crippen LogP contribution in [-0.4, -0.2) is 12.6 Å². The van der Waals surface area contributed by atoms with E-state index in [0.29, 0.717) is 5.84 Å². The first-order valence-electron chi connectivity index (χ1n) is 7.35. The second-order valence-corrected chi connectivity index (χ2v) is 5.14. The molecule has 2 N–H and O–H groups in total. The summed E-state index contributed by atoms with van der Waals surface area (Å²) in [5.41, 5.74) is 12.3. The van der Waals surface area contributed by atoms with Gasteiger partial charge in [0, 0.05) is 11.8 Å². The summed E-state index contributed by atoms with van der Waals surface area (Å²) >= 11 is 0. The van der Waals surface area contributed by atoms with Crippen LogP contribution in [0.15, 0.2) is 57.8 Å². The summed E-state index contributed by atoms with van der Waals surface area (Å²) in [5.74, 6) is 0.407. The number of allylic oxidation sites excluding steroid dienone is 1. The molecular formula is C19H25N3. The van der Waals surface area contributed by atoms with E-state index in [1.54, 1.807) is 0 Å². The Morgan fingerprint density at radius 2 is 2.00 bits per heavy atom. The molecule has 0 aromatic heterocycles. The molecule has 0 aliphatic carbocycles. The Bertz CT molecular complexity index is 661. The van der Waals surface area contributed by atoms with Crippen LogP contribution in [0.2, 0.25) is 0 Å². The minimum absolute atomic E-state index is 0.407. The molecule has 1 aromatic carbocycles. The third kappa shape index (κ3) is 4.04. The molecule has 0 saturated heterocycles. The van der Waals surface area contributed by atoms with E-state index in [1.807, 2.05) is 13.8 Å². The van der Waals surface area contributed by atoms with Crippen molar-refractivity contribution in [3.63, 3.8) is 0 Å². The van der Waals surface area contributed by atoms with E-state index >= 15 is 0 Å². The molecule has 0 bridgehead atoms. The zero-order chi connectivity index (χ0) is 16.7. The van der Waals surface area contributed by atoms with Gasteiger partial charge in [-0.15, -0.1) is 0 Å². The number of aliphatic imine (C=N–C) groups is 2. The van der Waals surface area contributed by atoms with E-state index < -0.39 is 0 Å². The molecule has 1 aromatic rings. The summed E-state index contributed by atoms with van der Waals surface area (Å²) in [6.07, 6.45) is 4.56. The van der Waals surface area contributed by atoms with E-state index in [0.717, 1.165) is 23.3 Å². The first-order valence-corrected chi connectivity index (χ1v) is 7.35. The molecule has 1 rings (SSSR count). The second kappa shape index (κ2) is 8.13. The maximum absolute atomic E-state index is 5.92. The zero-order valence-corrected chi connectivity index (χ0v) is 14.0. The third-order valence-electron chi connectivity index (χ3n) is 3.74. The van der Waals surface area contributed by atoms with Crippen molar-refractivity contribution < 1.29 is 0 Å². The fourth-order valence-corrected chi connectivity index (χ4v) is 2.40. The third-order valence-corrected chi connectivity index (χ3v) is 3.74. The fourth-order valence-electron chi connectivity index (χ4n) is 2.40. The van der Waals surface area contributed by atoms with E-state index in [2.05, 4.69) is 61.4 Å². The van der Waals surface area contributed by atoms with Crippen molar-refractivity contribution in [3.8, 4) is 0 Å². The second-order valence-electron chi connectivity index (χ2n) is 5.14. The molecule has 3 heteroatoms. The van der Waals surface area contributed by atoms with E-state index in [-0.39, 0.29) is 0 Å². The standard InChI is InChI=1S/C19H25N3/c1-7-16-10-9-11-17(14(16)4)12-13(3)18(21-6)15(5)19(20)22-8-2/h8-12H,2,6-7H2,1,3-5H3,(H2,20,22)/b13-12+,18-15+. The molecule has 0 aliphatic rings. The Labute approximate surface area is 133 Å². The molecule has 0 atom stereocenters. The van der Waals surface area contributed by atoms with Gasteiger partial charge in [0.25, 0.3) is 0 Å². The Morgan fingerprint density at radius 1 is 1.32 bits per heavy atom. The van der Waals surface area contributed by atoms with Crippen LogP contribution >= 0.6 is 0 Å². The van der Waals surface area contributed by atoms with Gasteiger partial charge >= 0.3 is 0 Å². The van der Waals surface area contributed by atoms with Crippen LogP contribution in [0.1, 0.15) is 37.5 Å². The van der Waals surface area contributed by atoms with Gasteiger partial charge in [0.2, 0.25) is 0 Å². The van der Waals surface area contributed by atoms with Gasteiger partial charge in [-0.2, -0.15) is 0 Å². The van der Waals surface area contributed by atoms with Crippen LogP contribution in [0.3, 0.4) is 0 Å². The zero-order valence-electron chi connectivity index (χ0n) is 14.0. The molecule has 116 valence electrons. The number of rotatable bonds is 6. The number of hydrogen-bond acceptors (Lipinski definition) is 2. The predicted octanol–water partition coefficient (Wildman–Crippen LogP) is 4.44. The van der Waals surface area contributed by atoms with Gasteiger partial charge in [-0.3, -0.25) is 4.99 Å². The Kier molecular flexibility index (Phi) is 6.51. The number of benzene rings is 1. The summed E-state index contributed by atoms with van der Waals surface area (Å²) in [6, 6.07) is 6.34. The van der Waals surface area contributed by atoms with Gasteiger partial charge < -0.3 is 5.73 Å². The van der Waals surface area contributed by atoms with Gasteiger partial charge in [-0.25, -0.2) is 4.99 Å². The molecule has 0 aliphatic heterocycles. The lowest BCUT2D eigenvalue weighted by molar-refractivity contribution is 1.10. The SMILES string of the molecule is C=CN=C(N)/C(C)=C(N=C)\C(C)=C\c1cccc(CC)c1C. The lowest BCUT2D eigenvalue weighted by Gasteiger charge is -2.10. The lowest BCUT2D eigenvalue weighted by atomic mass is 9.98. The van der Waals surface area contributed by atoms with Crippen molar-refractivity contribution in [2.75, 3.05) is 0 Å². The molecule has 0 fully saturated rings. The minimum atomic E-state index is 0.407. The van der Waals surface area contributed by atoms with Crippen molar-refractivity contribution >= 4 is 18.6 Å². The van der Waals surface area contributed by atoms with Crippen molar-refractivity contribution in [2.24, 2.45) is 15.7 Å². The lowest BCUT2D eigenvalue weighted by Crippen LogP contribution is -2.14. The van der Waals surface area contributed by atoms with Gasteiger partial charge in [0.1, 0.15) is 5.84 Å². The van der Waals surface area contributed by atoms with Crippen molar-refractivity contribution in [1.29, 1.82) is 0 Å². The average molecular weight is 295 g/mol. The highest BCUT2D eigenvalue weighted by Crippen LogP contribution is 2.22. The molecular weight excluding hydrogens is 270 g/mol. The van der Waals surface area contributed by atoms with Gasteiger partial charge in [0.15, 0.2) is 0 Å². The monoisotopic (exact) mass is 295 g/mol. The molecule has 22 heavy (non-hydrogen) atoms. The summed E-state index contributed by atoms with van der Waals surface area (Å²) in [7, 11) is 0. The largest absolute Gasteiger partial charge is 0.383 e. The normalized spacial score (nSPS) is 13.6. The number of nitrogens with zero attached hydrogens (tertiary/aromatic N) is 2. The van der Waals surface area contributed by atoms with Crippen LogP contribution in [0.4, 0.5) is 0 Å². The highest BCUT2D eigenvalue weighted by molar-refractivity contribution is 5.98. The first kappa shape index (κ1) is 17.6. The number of amidine groups is 1. The highest BCUT2D eigenvalue weighted by atomic mass is 14.8. The van der Waals surface area contributed by atoms with Gasteiger partial charge in [0.05, 0.1) is 5.70 Å². The summed E-state index contributed by atoms with van der Waals surface area (Å²) in [5, 5.41) is 0. The maximum atomic E-state index is 5.92. The molecule has 0 radical (unpaired) electrons. The maximum Gasteiger partial charge on any atom is 0.128 e. The smallest absolute Gasteiger partial charge is 0.128 e. The average Bonchev–Trinajstić information content (AvgIpc) is 2.50. The molecule has 0 unspecified atom stereocenters. The topological polar surface area (TPSA) is 50.7 Å². The minimum Gasteiger partial charge on any atom is -0.383 e. The highest BCUT2D eigenvalue weighted by Gasteiger charge is 2.08. The van der Waals surface area contributed by atoms with Crippen molar-refractivity contribution in [1.82, 2.24) is 0 Å². The molecule has 0 saturated carbocycles. The Morgan fingerprint density at radius 3 is 2.55 bits per heavy atom. The summed E-state index contributed by atoms with van der Waals surface area (Å²) < 4.78 is 0. The Hall–Kier alpha value is -2.42. The van der Waals surface area contributed by atoms with Crippen LogP contribution in [0.25, 0.3) is 6.08 Å². The van der Waals surface area contributed by atoms with Crippen molar-refractivity contribution in [2.45, 2.75) is 34.1 Å². The van der Waals surface area contributed by atoms with Crippen LogP contribution in [-0.2, 0) is 6.42 Å². The fraction of sp³-hybridized carbons (Fsp3) is 0.263. The Balaban J connectivity index is 3.36. The van der Waals surface area contributed by atoms with E-state index in [4.69, 9.17) is 5.73 Å².